The van der Waals surface area contributed by atoms with Gasteiger partial charge in [0, 0.05) is 12.6 Å². The number of nitrogens with one attached hydrogen (secondary N) is 1. The van der Waals surface area contributed by atoms with E-state index in [4.69, 9.17) is 0 Å². The molecule has 2 heteroatoms. The van der Waals surface area contributed by atoms with Gasteiger partial charge in [-0.3, -0.25) is 4.90 Å². The zero-order valence-corrected chi connectivity index (χ0v) is 13.0. The summed E-state index contributed by atoms with van der Waals surface area (Å²) in [4.78, 5) is 2.60. The molecule has 1 N–H and O–H groups in total. The molecule has 1 fully saturated rings. The van der Waals surface area contributed by atoms with E-state index in [-0.39, 0.29) is 0 Å². The van der Waals surface area contributed by atoms with Crippen LogP contribution in [0.2, 0.25) is 0 Å². The molecule has 0 saturated carbocycles. The summed E-state index contributed by atoms with van der Waals surface area (Å²) in [5, 5.41) is 6.33. The Morgan fingerprint density at radius 3 is 2.86 bits per heavy atom. The van der Waals surface area contributed by atoms with Crippen LogP contribution in [0, 0.1) is 0 Å². The first-order valence-corrected chi connectivity index (χ1v) is 8.29. The highest BCUT2D eigenvalue weighted by Gasteiger charge is 2.21. The van der Waals surface area contributed by atoms with E-state index < -0.39 is 0 Å². The molecule has 0 amide bonds. The fourth-order valence-electron chi connectivity index (χ4n) is 3.44. The molecule has 1 unspecified atom stereocenters. The van der Waals surface area contributed by atoms with Crippen LogP contribution in [0.5, 0.6) is 0 Å². The van der Waals surface area contributed by atoms with Gasteiger partial charge in [-0.25, -0.2) is 0 Å². The van der Waals surface area contributed by atoms with Gasteiger partial charge in [-0.05, 0) is 55.2 Å². The summed E-state index contributed by atoms with van der Waals surface area (Å²) in [6, 6.07) is 16.2. The molecular formula is C19H26N2. The van der Waals surface area contributed by atoms with E-state index >= 15 is 0 Å². The Morgan fingerprint density at radius 2 is 2.00 bits per heavy atom. The van der Waals surface area contributed by atoms with Crippen LogP contribution in [0.25, 0.3) is 10.8 Å². The summed E-state index contributed by atoms with van der Waals surface area (Å²) in [5.41, 5.74) is 1.43. The van der Waals surface area contributed by atoms with Gasteiger partial charge < -0.3 is 5.32 Å². The highest BCUT2D eigenvalue weighted by Crippen LogP contribution is 2.17. The smallest absolute Gasteiger partial charge is 0.0220 e. The zero-order valence-electron chi connectivity index (χ0n) is 13.0. The molecule has 1 heterocycles. The van der Waals surface area contributed by atoms with Crippen LogP contribution in [0.1, 0.15) is 25.3 Å². The van der Waals surface area contributed by atoms with Crippen molar-refractivity contribution < 1.29 is 0 Å². The normalized spacial score (nSPS) is 19.4. The number of fused-ring (bicyclic) bond motifs is 1. The molecular weight excluding hydrogens is 256 g/mol. The molecule has 1 saturated heterocycles. The number of nitrogens with zero attached hydrogens (tertiary/aromatic N) is 1. The van der Waals surface area contributed by atoms with Crippen LogP contribution in [-0.2, 0) is 6.42 Å². The number of likely N-dealkylation sites (N-methyl/N-ethyl adjacent to an activating group) is 1. The molecule has 2 aromatic carbocycles. The largest absolute Gasteiger partial charge is 0.315 e. The Bertz CT molecular complexity index is 579. The number of likely N-dealkylation sites (tertiary alicyclic amines) is 1. The summed E-state index contributed by atoms with van der Waals surface area (Å²) in [7, 11) is 0. The predicted octanol–water partition coefficient (Wildman–Crippen LogP) is 3.46. The first-order chi connectivity index (χ1) is 10.4. The Hall–Kier alpha value is -1.38. The Kier molecular flexibility index (Phi) is 4.89. The van der Waals surface area contributed by atoms with Crippen LogP contribution >= 0.6 is 0 Å². The lowest BCUT2D eigenvalue weighted by atomic mass is 10.1. The summed E-state index contributed by atoms with van der Waals surface area (Å²) in [5.74, 6) is 0. The molecule has 0 aromatic heterocycles. The molecule has 1 aliphatic heterocycles. The predicted molar refractivity (Wildman–Crippen MR) is 90.8 cm³/mol. The first-order valence-electron chi connectivity index (χ1n) is 8.29. The number of hydrogen-bond donors (Lipinski definition) is 1. The van der Waals surface area contributed by atoms with Gasteiger partial charge in [-0.15, -0.1) is 0 Å². The van der Waals surface area contributed by atoms with E-state index in [0.29, 0.717) is 0 Å². The quantitative estimate of drug-likeness (QED) is 0.816. The second-order valence-electron chi connectivity index (χ2n) is 6.06. The minimum atomic E-state index is 0.756. The van der Waals surface area contributed by atoms with Crippen molar-refractivity contribution in [3.8, 4) is 0 Å². The van der Waals surface area contributed by atoms with Crippen molar-refractivity contribution in [2.24, 2.45) is 0 Å². The van der Waals surface area contributed by atoms with E-state index in [0.717, 1.165) is 25.6 Å². The Labute approximate surface area is 128 Å². The van der Waals surface area contributed by atoms with Crippen molar-refractivity contribution in [3.63, 3.8) is 0 Å². The second kappa shape index (κ2) is 7.06. The maximum absolute atomic E-state index is 3.65. The summed E-state index contributed by atoms with van der Waals surface area (Å²) < 4.78 is 0. The highest BCUT2D eigenvalue weighted by atomic mass is 15.2. The second-order valence-corrected chi connectivity index (χ2v) is 6.06. The van der Waals surface area contributed by atoms with Crippen molar-refractivity contribution in [3.05, 3.63) is 48.0 Å². The van der Waals surface area contributed by atoms with Gasteiger partial charge in [0.2, 0.25) is 0 Å². The molecule has 1 atom stereocenters. The topological polar surface area (TPSA) is 15.3 Å². The van der Waals surface area contributed by atoms with Gasteiger partial charge in [0.05, 0.1) is 0 Å². The van der Waals surface area contributed by atoms with Crippen molar-refractivity contribution in [1.82, 2.24) is 10.2 Å². The highest BCUT2D eigenvalue weighted by molar-refractivity contribution is 5.82. The fraction of sp³-hybridized carbons (Fsp3) is 0.474. The van der Waals surface area contributed by atoms with Crippen LogP contribution in [0.15, 0.2) is 42.5 Å². The van der Waals surface area contributed by atoms with Crippen molar-refractivity contribution in [2.75, 3.05) is 26.2 Å². The van der Waals surface area contributed by atoms with Gasteiger partial charge in [0.1, 0.15) is 0 Å². The average molecular weight is 282 g/mol. The molecule has 3 rings (SSSR count). The maximum atomic E-state index is 3.65. The Balaban J connectivity index is 1.48. The Morgan fingerprint density at radius 1 is 1.14 bits per heavy atom. The zero-order chi connectivity index (χ0) is 14.5. The van der Waals surface area contributed by atoms with Crippen LogP contribution in [0.3, 0.4) is 0 Å². The molecule has 112 valence electrons. The van der Waals surface area contributed by atoms with E-state index in [1.54, 1.807) is 0 Å². The van der Waals surface area contributed by atoms with Gasteiger partial charge in [0.25, 0.3) is 0 Å². The van der Waals surface area contributed by atoms with Gasteiger partial charge >= 0.3 is 0 Å². The van der Waals surface area contributed by atoms with E-state index in [1.165, 1.54) is 42.3 Å². The third-order valence-electron chi connectivity index (χ3n) is 4.69. The average Bonchev–Trinajstić information content (AvgIpc) is 2.99. The van der Waals surface area contributed by atoms with Crippen LogP contribution in [-0.4, -0.2) is 37.1 Å². The molecule has 2 nitrogen and oxygen atoms in total. The third-order valence-corrected chi connectivity index (χ3v) is 4.69. The fourth-order valence-corrected chi connectivity index (χ4v) is 3.44. The monoisotopic (exact) mass is 282 g/mol. The lowest BCUT2D eigenvalue weighted by Gasteiger charge is -2.23. The lowest BCUT2D eigenvalue weighted by molar-refractivity contribution is 0.260. The maximum Gasteiger partial charge on any atom is 0.0220 e. The van der Waals surface area contributed by atoms with E-state index in [9.17, 15) is 0 Å². The van der Waals surface area contributed by atoms with Crippen LogP contribution < -0.4 is 5.32 Å². The molecule has 0 bridgehead atoms. The molecule has 0 aliphatic carbocycles. The molecule has 2 aromatic rings. The SMILES string of the molecule is CCN1CCCC1CNCCc1ccc2ccccc2c1. The number of hydrogen-bond acceptors (Lipinski definition) is 2. The summed E-state index contributed by atoms with van der Waals surface area (Å²) in [6.45, 7) is 6.96. The lowest BCUT2D eigenvalue weighted by Crippen LogP contribution is -2.38. The van der Waals surface area contributed by atoms with Gasteiger partial charge in [-0.1, -0.05) is 49.4 Å². The molecule has 21 heavy (non-hydrogen) atoms. The van der Waals surface area contributed by atoms with Crippen LogP contribution in [0.4, 0.5) is 0 Å². The minimum Gasteiger partial charge on any atom is -0.315 e. The van der Waals surface area contributed by atoms with E-state index in [1.807, 2.05) is 0 Å². The number of benzene rings is 2. The summed E-state index contributed by atoms with van der Waals surface area (Å²) >= 11 is 0. The van der Waals surface area contributed by atoms with E-state index in [2.05, 4.69) is 59.6 Å². The van der Waals surface area contributed by atoms with Gasteiger partial charge in [0.15, 0.2) is 0 Å². The minimum absolute atomic E-state index is 0.756. The molecule has 1 aliphatic rings. The summed E-state index contributed by atoms with van der Waals surface area (Å²) in [6.07, 6.45) is 3.84. The third kappa shape index (κ3) is 3.63. The molecule has 0 radical (unpaired) electrons. The van der Waals surface area contributed by atoms with Crippen molar-refractivity contribution in [2.45, 2.75) is 32.2 Å². The van der Waals surface area contributed by atoms with Crippen molar-refractivity contribution >= 4 is 10.8 Å². The van der Waals surface area contributed by atoms with Gasteiger partial charge in [-0.2, -0.15) is 0 Å². The molecule has 0 spiro atoms. The first kappa shape index (κ1) is 14.6. The standard InChI is InChI=1S/C19H26N2/c1-2-21-13-5-8-19(21)15-20-12-11-16-9-10-17-6-3-4-7-18(17)14-16/h3-4,6-7,9-10,14,19-20H,2,5,8,11-13,15H2,1H3. The number of rotatable bonds is 6. The van der Waals surface area contributed by atoms with Crippen molar-refractivity contribution in [1.29, 1.82) is 0 Å².